The van der Waals surface area contributed by atoms with Crippen LogP contribution in [0.1, 0.15) is 18.5 Å². The van der Waals surface area contributed by atoms with Gasteiger partial charge in [-0.2, -0.15) is 0 Å². The maximum Gasteiger partial charge on any atom is 0.323 e. The number of carbonyl (C=O) groups excluding carboxylic acids is 1. The Hall–Kier alpha value is -1.98. The molecule has 0 fully saturated rings. The largest absolute Gasteiger partial charge is 0.324 e. The van der Waals surface area contributed by atoms with E-state index in [1.807, 2.05) is 61.7 Å². The normalized spacial score (nSPS) is 11.8. The maximum absolute atomic E-state index is 11.9. The fourth-order valence-electron chi connectivity index (χ4n) is 1.84. The molecule has 1 unspecified atom stereocenters. The summed E-state index contributed by atoms with van der Waals surface area (Å²) in [4.78, 5) is 13.1. The molecule has 0 aromatic heterocycles. The van der Waals surface area contributed by atoms with Crippen molar-refractivity contribution in [2.45, 2.75) is 17.9 Å². The van der Waals surface area contributed by atoms with Gasteiger partial charge in [0.1, 0.15) is 0 Å². The maximum atomic E-state index is 11.9. The van der Waals surface area contributed by atoms with Crippen molar-refractivity contribution in [1.82, 2.24) is 0 Å². The Kier molecular flexibility index (Phi) is 5.25. The van der Waals surface area contributed by atoms with Gasteiger partial charge in [0.2, 0.25) is 0 Å². The predicted molar refractivity (Wildman–Crippen MR) is 89.9 cm³/mol. The zero-order chi connectivity index (χ0) is 15.2. The average Bonchev–Trinajstić information content (AvgIpc) is 2.48. The summed E-state index contributed by atoms with van der Waals surface area (Å²) in [7, 11) is 0. The number of nitrogens with one attached hydrogen (secondary N) is 2. The van der Waals surface area contributed by atoms with Gasteiger partial charge in [0.25, 0.3) is 0 Å². The number of benzene rings is 2. The lowest BCUT2D eigenvalue weighted by atomic mass is 10.1. The van der Waals surface area contributed by atoms with Gasteiger partial charge in [0.05, 0.1) is 0 Å². The van der Waals surface area contributed by atoms with E-state index >= 15 is 0 Å². The Bertz CT molecular complexity index is 594. The SMILES string of the molecule is CSc1ccc(NC(=O)Nc2ccc(C(C)N)cc2)cc1. The molecule has 0 aliphatic rings. The third-order valence-electron chi connectivity index (χ3n) is 3.04. The molecule has 4 N–H and O–H groups in total. The van der Waals surface area contributed by atoms with E-state index in [-0.39, 0.29) is 12.1 Å². The first-order valence-electron chi connectivity index (χ1n) is 6.66. The molecule has 4 nitrogen and oxygen atoms in total. The summed E-state index contributed by atoms with van der Waals surface area (Å²) in [5.41, 5.74) is 8.32. The van der Waals surface area contributed by atoms with Crippen LogP contribution in [-0.4, -0.2) is 12.3 Å². The highest BCUT2D eigenvalue weighted by Crippen LogP contribution is 2.18. The van der Waals surface area contributed by atoms with Crippen LogP contribution in [0.3, 0.4) is 0 Å². The van der Waals surface area contributed by atoms with Gasteiger partial charge in [0, 0.05) is 22.3 Å². The molecule has 0 bridgehead atoms. The average molecular weight is 301 g/mol. The highest BCUT2D eigenvalue weighted by atomic mass is 32.2. The molecule has 1 atom stereocenters. The van der Waals surface area contributed by atoms with Crippen molar-refractivity contribution < 1.29 is 4.79 Å². The second-order valence-electron chi connectivity index (χ2n) is 4.72. The summed E-state index contributed by atoms with van der Waals surface area (Å²) >= 11 is 1.66. The van der Waals surface area contributed by atoms with E-state index in [9.17, 15) is 4.79 Å². The molecule has 0 spiro atoms. The van der Waals surface area contributed by atoms with Gasteiger partial charge in [-0.1, -0.05) is 12.1 Å². The highest BCUT2D eigenvalue weighted by molar-refractivity contribution is 7.98. The lowest BCUT2D eigenvalue weighted by Gasteiger charge is -2.10. The van der Waals surface area contributed by atoms with Gasteiger partial charge in [-0.05, 0) is 55.1 Å². The number of hydrogen-bond acceptors (Lipinski definition) is 3. The summed E-state index contributed by atoms with van der Waals surface area (Å²) in [6.45, 7) is 1.92. The Morgan fingerprint density at radius 1 is 1.00 bits per heavy atom. The van der Waals surface area contributed by atoms with Crippen LogP contribution in [0.5, 0.6) is 0 Å². The van der Waals surface area contributed by atoms with E-state index in [1.165, 1.54) is 0 Å². The number of nitrogens with two attached hydrogens (primary N) is 1. The quantitative estimate of drug-likeness (QED) is 0.746. The van der Waals surface area contributed by atoms with Crippen LogP contribution in [0.15, 0.2) is 53.4 Å². The Morgan fingerprint density at radius 3 is 1.90 bits per heavy atom. The topological polar surface area (TPSA) is 67.2 Å². The molecule has 110 valence electrons. The first kappa shape index (κ1) is 15.4. The molecule has 21 heavy (non-hydrogen) atoms. The fourth-order valence-corrected chi connectivity index (χ4v) is 2.25. The summed E-state index contributed by atoms with van der Waals surface area (Å²) < 4.78 is 0. The number of urea groups is 1. The van der Waals surface area contributed by atoms with Gasteiger partial charge >= 0.3 is 6.03 Å². The molecule has 0 heterocycles. The first-order valence-corrected chi connectivity index (χ1v) is 7.88. The summed E-state index contributed by atoms with van der Waals surface area (Å²) in [5, 5.41) is 5.58. The third-order valence-corrected chi connectivity index (χ3v) is 3.79. The zero-order valence-corrected chi connectivity index (χ0v) is 12.9. The van der Waals surface area contributed by atoms with E-state index in [0.29, 0.717) is 0 Å². The number of rotatable bonds is 4. The Morgan fingerprint density at radius 2 is 1.48 bits per heavy atom. The highest BCUT2D eigenvalue weighted by Gasteiger charge is 2.04. The number of thioether (sulfide) groups is 1. The smallest absolute Gasteiger partial charge is 0.323 e. The van der Waals surface area contributed by atoms with Crippen LogP contribution in [-0.2, 0) is 0 Å². The summed E-state index contributed by atoms with van der Waals surface area (Å²) in [5.74, 6) is 0. The van der Waals surface area contributed by atoms with Crippen molar-refractivity contribution in [3.8, 4) is 0 Å². The lowest BCUT2D eigenvalue weighted by Crippen LogP contribution is -2.19. The molecule has 2 rings (SSSR count). The fraction of sp³-hybridized carbons (Fsp3) is 0.188. The van der Waals surface area contributed by atoms with Crippen LogP contribution in [0, 0.1) is 0 Å². The van der Waals surface area contributed by atoms with Crippen molar-refractivity contribution in [2.75, 3.05) is 16.9 Å². The van der Waals surface area contributed by atoms with E-state index in [4.69, 9.17) is 5.73 Å². The van der Waals surface area contributed by atoms with Crippen molar-refractivity contribution in [3.63, 3.8) is 0 Å². The van der Waals surface area contributed by atoms with Crippen molar-refractivity contribution in [1.29, 1.82) is 0 Å². The van der Waals surface area contributed by atoms with Gasteiger partial charge < -0.3 is 16.4 Å². The second kappa shape index (κ2) is 7.15. The molecule has 2 amide bonds. The predicted octanol–water partition coefficient (Wildman–Crippen LogP) is 4.07. The van der Waals surface area contributed by atoms with E-state index in [2.05, 4.69) is 10.6 Å². The van der Waals surface area contributed by atoms with Crippen LogP contribution in [0.25, 0.3) is 0 Å². The van der Waals surface area contributed by atoms with Crippen LogP contribution in [0.2, 0.25) is 0 Å². The molecular weight excluding hydrogens is 282 g/mol. The minimum absolute atomic E-state index is 0.0113. The van der Waals surface area contributed by atoms with Gasteiger partial charge in [-0.25, -0.2) is 4.79 Å². The zero-order valence-electron chi connectivity index (χ0n) is 12.1. The summed E-state index contributed by atoms with van der Waals surface area (Å²) in [6.07, 6.45) is 2.01. The Labute approximate surface area is 129 Å². The standard InChI is InChI=1S/C16H19N3OS/c1-11(17)12-3-5-13(6-4-12)18-16(20)19-14-7-9-15(21-2)10-8-14/h3-11H,17H2,1-2H3,(H2,18,19,20). The van der Waals surface area contributed by atoms with E-state index < -0.39 is 0 Å². The number of anilines is 2. The Balaban J connectivity index is 1.94. The lowest BCUT2D eigenvalue weighted by molar-refractivity contribution is 0.262. The van der Waals surface area contributed by atoms with Crippen molar-refractivity contribution >= 4 is 29.2 Å². The van der Waals surface area contributed by atoms with E-state index in [0.717, 1.165) is 21.8 Å². The second-order valence-corrected chi connectivity index (χ2v) is 5.60. The van der Waals surface area contributed by atoms with E-state index in [1.54, 1.807) is 11.8 Å². The molecule has 2 aromatic carbocycles. The van der Waals surface area contributed by atoms with Gasteiger partial charge in [-0.3, -0.25) is 0 Å². The minimum Gasteiger partial charge on any atom is -0.324 e. The molecule has 0 aliphatic heterocycles. The van der Waals surface area contributed by atoms with Crippen LogP contribution < -0.4 is 16.4 Å². The molecular formula is C16H19N3OS. The molecule has 2 aromatic rings. The van der Waals surface area contributed by atoms with Gasteiger partial charge in [0.15, 0.2) is 0 Å². The van der Waals surface area contributed by atoms with Crippen LogP contribution in [0.4, 0.5) is 16.2 Å². The van der Waals surface area contributed by atoms with Gasteiger partial charge in [-0.15, -0.1) is 11.8 Å². The monoisotopic (exact) mass is 301 g/mol. The molecule has 0 saturated carbocycles. The number of hydrogen-bond donors (Lipinski definition) is 3. The first-order chi connectivity index (χ1) is 10.1. The third kappa shape index (κ3) is 4.51. The number of carbonyl (C=O) groups is 1. The molecule has 5 heteroatoms. The van der Waals surface area contributed by atoms with Crippen LogP contribution >= 0.6 is 11.8 Å². The summed E-state index contributed by atoms with van der Waals surface area (Å²) in [6, 6.07) is 14.9. The molecule has 0 radical (unpaired) electrons. The molecule has 0 saturated heterocycles. The molecule has 0 aliphatic carbocycles. The van der Waals surface area contributed by atoms with Crippen molar-refractivity contribution in [2.24, 2.45) is 5.73 Å². The number of amides is 2. The minimum atomic E-state index is -0.263. The van der Waals surface area contributed by atoms with Crippen molar-refractivity contribution in [3.05, 3.63) is 54.1 Å².